The minimum Gasteiger partial charge on any atom is -0.386 e. The average molecular weight is 584 g/mol. The SMILES string of the molecule is CC(C)(O)c1ccccc1CC[C@H](OI)c1cccc(/C=C/c2ccc3ccc(Cl)cc3n2)c1. The average Bonchev–Trinajstić information content (AvgIpc) is 2.83. The summed E-state index contributed by atoms with van der Waals surface area (Å²) in [6.07, 6.45) is 5.66. The Bertz CT molecular complexity index is 1310. The second-order valence-corrected chi connectivity index (χ2v) is 9.85. The van der Waals surface area contributed by atoms with Crippen molar-refractivity contribution in [3.05, 3.63) is 112 Å². The van der Waals surface area contributed by atoms with Crippen molar-refractivity contribution in [2.75, 3.05) is 0 Å². The Balaban J connectivity index is 1.50. The Morgan fingerprint density at radius 1 is 1.00 bits per heavy atom. The topological polar surface area (TPSA) is 42.4 Å². The van der Waals surface area contributed by atoms with Crippen LogP contribution in [0.2, 0.25) is 5.02 Å². The van der Waals surface area contributed by atoms with E-state index in [4.69, 9.17) is 19.7 Å². The summed E-state index contributed by atoms with van der Waals surface area (Å²) in [6, 6.07) is 26.2. The fraction of sp³-hybridized carbons (Fsp3) is 0.207. The standard InChI is InChI=1S/C29H27ClINO2/c1-29(2,33)26-9-4-3-7-21(26)13-17-28(34-31)23-8-5-6-20(18-23)10-15-25-16-12-22-11-14-24(30)19-27(22)32-25/h3-12,14-16,18-19,28,33H,13,17H2,1-2H3/b15-10+/t28-/m0/s1. The Morgan fingerprint density at radius 3 is 2.59 bits per heavy atom. The predicted octanol–water partition coefficient (Wildman–Crippen LogP) is 8.33. The minimum atomic E-state index is -0.871. The summed E-state index contributed by atoms with van der Waals surface area (Å²) < 4.78 is 5.82. The summed E-state index contributed by atoms with van der Waals surface area (Å²) in [5.41, 5.74) is 5.20. The molecule has 4 rings (SSSR count). The lowest BCUT2D eigenvalue weighted by atomic mass is 9.90. The van der Waals surface area contributed by atoms with Gasteiger partial charge in [0.25, 0.3) is 0 Å². The van der Waals surface area contributed by atoms with E-state index in [1.54, 1.807) is 0 Å². The molecule has 1 atom stereocenters. The molecule has 0 radical (unpaired) electrons. The van der Waals surface area contributed by atoms with Gasteiger partial charge in [0.2, 0.25) is 0 Å². The highest BCUT2D eigenvalue weighted by atomic mass is 127. The van der Waals surface area contributed by atoms with Gasteiger partial charge >= 0.3 is 0 Å². The van der Waals surface area contributed by atoms with Crippen molar-refractivity contribution in [2.24, 2.45) is 0 Å². The largest absolute Gasteiger partial charge is 0.386 e. The number of aromatic nitrogens is 1. The first kappa shape index (κ1) is 24.9. The van der Waals surface area contributed by atoms with Crippen LogP contribution in [0.15, 0.2) is 78.9 Å². The molecule has 0 amide bonds. The number of hydrogen-bond donors (Lipinski definition) is 1. The lowest BCUT2D eigenvalue weighted by Crippen LogP contribution is -2.18. The fourth-order valence-corrected chi connectivity index (χ4v) is 4.84. The molecular formula is C29H27ClINO2. The molecule has 0 saturated heterocycles. The quantitative estimate of drug-likeness (QED) is 0.212. The Kier molecular flexibility index (Phi) is 8.04. The number of fused-ring (bicyclic) bond motifs is 1. The zero-order valence-electron chi connectivity index (χ0n) is 19.2. The molecule has 0 unspecified atom stereocenters. The normalized spacial score (nSPS) is 13.0. The van der Waals surface area contributed by atoms with Crippen LogP contribution in [0.3, 0.4) is 0 Å². The van der Waals surface area contributed by atoms with Crippen LogP contribution in [0.1, 0.15) is 54.3 Å². The molecule has 4 aromatic rings. The summed E-state index contributed by atoms with van der Waals surface area (Å²) in [5.74, 6) is 0. The number of aliphatic hydroxyl groups is 1. The first-order valence-electron chi connectivity index (χ1n) is 11.3. The molecule has 1 N–H and O–H groups in total. The summed E-state index contributed by atoms with van der Waals surface area (Å²) in [4.78, 5) is 4.70. The molecule has 0 bridgehead atoms. The summed E-state index contributed by atoms with van der Waals surface area (Å²) >= 11 is 8.10. The van der Waals surface area contributed by atoms with E-state index in [9.17, 15) is 5.11 Å². The molecule has 174 valence electrons. The summed E-state index contributed by atoms with van der Waals surface area (Å²) in [6.45, 7) is 3.65. The van der Waals surface area contributed by atoms with E-state index in [1.165, 1.54) is 0 Å². The third-order valence-corrected chi connectivity index (χ3v) is 6.71. The van der Waals surface area contributed by atoms with Crippen molar-refractivity contribution in [3.8, 4) is 0 Å². The predicted molar refractivity (Wildman–Crippen MR) is 150 cm³/mol. The van der Waals surface area contributed by atoms with Crippen molar-refractivity contribution in [3.63, 3.8) is 0 Å². The molecule has 1 heterocycles. The van der Waals surface area contributed by atoms with Crippen molar-refractivity contribution in [1.82, 2.24) is 4.98 Å². The highest BCUT2D eigenvalue weighted by Crippen LogP contribution is 2.30. The summed E-state index contributed by atoms with van der Waals surface area (Å²) in [5, 5.41) is 12.3. The van der Waals surface area contributed by atoms with Crippen molar-refractivity contribution in [2.45, 2.75) is 38.4 Å². The first-order chi connectivity index (χ1) is 16.3. The molecule has 0 saturated carbocycles. The molecule has 34 heavy (non-hydrogen) atoms. The number of benzene rings is 3. The maximum Gasteiger partial charge on any atom is 0.110 e. The van der Waals surface area contributed by atoms with Gasteiger partial charge in [-0.05, 0) is 79.3 Å². The second-order valence-electron chi connectivity index (χ2n) is 8.91. The number of hydrogen-bond acceptors (Lipinski definition) is 3. The van der Waals surface area contributed by atoms with Crippen LogP contribution in [0.5, 0.6) is 0 Å². The lowest BCUT2D eigenvalue weighted by Gasteiger charge is -2.22. The van der Waals surface area contributed by atoms with Crippen molar-refractivity contribution < 1.29 is 8.17 Å². The van der Waals surface area contributed by atoms with Gasteiger partial charge in [-0.25, -0.2) is 4.98 Å². The third kappa shape index (κ3) is 6.25. The van der Waals surface area contributed by atoms with Crippen LogP contribution in [0.4, 0.5) is 0 Å². The Labute approximate surface area is 220 Å². The van der Waals surface area contributed by atoms with Crippen LogP contribution >= 0.6 is 34.6 Å². The number of aryl methyl sites for hydroxylation is 1. The number of rotatable bonds is 8. The van der Waals surface area contributed by atoms with Gasteiger partial charge in [-0.1, -0.05) is 72.3 Å². The number of halogens is 2. The number of pyridine rings is 1. The smallest absolute Gasteiger partial charge is 0.110 e. The molecule has 0 aliphatic heterocycles. The van der Waals surface area contributed by atoms with E-state index < -0.39 is 5.60 Å². The molecule has 0 aliphatic carbocycles. The van der Waals surface area contributed by atoms with Crippen molar-refractivity contribution in [1.29, 1.82) is 0 Å². The summed E-state index contributed by atoms with van der Waals surface area (Å²) in [7, 11) is 0. The van der Waals surface area contributed by atoms with Gasteiger partial charge in [-0.2, -0.15) is 0 Å². The van der Waals surface area contributed by atoms with Crippen LogP contribution in [-0.2, 0) is 15.1 Å². The van der Waals surface area contributed by atoms with E-state index >= 15 is 0 Å². The van der Waals surface area contributed by atoms with E-state index in [-0.39, 0.29) is 6.10 Å². The lowest BCUT2D eigenvalue weighted by molar-refractivity contribution is 0.0774. The van der Waals surface area contributed by atoms with Gasteiger partial charge < -0.3 is 8.17 Å². The number of nitrogens with zero attached hydrogens (tertiary/aromatic N) is 1. The van der Waals surface area contributed by atoms with Crippen LogP contribution in [0.25, 0.3) is 23.1 Å². The molecular weight excluding hydrogens is 557 g/mol. The van der Waals surface area contributed by atoms with Gasteiger partial charge in [0, 0.05) is 10.4 Å². The first-order valence-corrected chi connectivity index (χ1v) is 12.5. The zero-order chi connectivity index (χ0) is 24.1. The molecule has 0 fully saturated rings. The maximum atomic E-state index is 10.5. The Morgan fingerprint density at radius 2 is 1.79 bits per heavy atom. The van der Waals surface area contributed by atoms with Crippen LogP contribution < -0.4 is 0 Å². The van der Waals surface area contributed by atoms with Gasteiger partial charge in [-0.15, -0.1) is 0 Å². The van der Waals surface area contributed by atoms with E-state index in [0.717, 1.165) is 51.7 Å². The second kappa shape index (κ2) is 11.0. The molecule has 3 nitrogen and oxygen atoms in total. The van der Waals surface area contributed by atoms with Gasteiger partial charge in [0.1, 0.15) is 23.0 Å². The zero-order valence-corrected chi connectivity index (χ0v) is 22.1. The molecule has 0 spiro atoms. The van der Waals surface area contributed by atoms with E-state index in [2.05, 4.69) is 42.5 Å². The monoisotopic (exact) mass is 583 g/mol. The minimum absolute atomic E-state index is 0.0512. The Hall–Kier alpha value is -2.25. The van der Waals surface area contributed by atoms with Crippen molar-refractivity contribution >= 4 is 57.7 Å². The third-order valence-electron chi connectivity index (χ3n) is 5.86. The van der Waals surface area contributed by atoms with Crippen LogP contribution in [-0.4, -0.2) is 10.1 Å². The van der Waals surface area contributed by atoms with E-state index in [1.807, 2.05) is 85.4 Å². The molecule has 1 aromatic heterocycles. The van der Waals surface area contributed by atoms with Gasteiger partial charge in [0.05, 0.1) is 22.9 Å². The fourth-order valence-electron chi connectivity index (χ4n) is 4.13. The highest BCUT2D eigenvalue weighted by Gasteiger charge is 2.20. The highest BCUT2D eigenvalue weighted by molar-refractivity contribution is 14.1. The van der Waals surface area contributed by atoms with Crippen LogP contribution in [0, 0.1) is 0 Å². The molecule has 0 aliphatic rings. The van der Waals surface area contributed by atoms with E-state index in [0.29, 0.717) is 5.02 Å². The maximum absolute atomic E-state index is 10.5. The molecule has 3 aromatic carbocycles. The molecule has 5 heteroatoms. The van der Waals surface area contributed by atoms with Gasteiger partial charge in [-0.3, -0.25) is 0 Å². The van der Waals surface area contributed by atoms with Gasteiger partial charge in [0.15, 0.2) is 0 Å².